The van der Waals surface area contributed by atoms with Gasteiger partial charge in [-0.1, -0.05) is 30.4 Å². The number of hydrogen-bond acceptors (Lipinski definition) is 1. The zero-order chi connectivity index (χ0) is 10.4. The molecule has 1 aromatic carbocycles. The molecule has 0 saturated carbocycles. The molecule has 0 saturated heterocycles. The van der Waals surface area contributed by atoms with Crippen LogP contribution in [0.15, 0.2) is 43.5 Å². The van der Waals surface area contributed by atoms with E-state index in [1.54, 1.807) is 12.1 Å². The van der Waals surface area contributed by atoms with Crippen LogP contribution in [0.25, 0.3) is 0 Å². The van der Waals surface area contributed by atoms with Crippen LogP contribution in [0, 0.1) is 0 Å². The molecule has 0 unspecified atom stereocenters. The Hall–Kier alpha value is -1.63. The third-order valence-electron chi connectivity index (χ3n) is 2.10. The molecule has 0 aliphatic rings. The van der Waals surface area contributed by atoms with Crippen LogP contribution in [0.3, 0.4) is 0 Å². The number of carbonyl (C=O) groups excluding carboxylic acids is 1. The minimum atomic E-state index is 0.629. The van der Waals surface area contributed by atoms with E-state index in [4.69, 9.17) is 0 Å². The van der Waals surface area contributed by atoms with Gasteiger partial charge in [0.25, 0.3) is 0 Å². The Bertz CT molecular complexity index is 350. The molecule has 0 fully saturated rings. The number of allylic oxidation sites excluding steroid dienone is 2. The van der Waals surface area contributed by atoms with Crippen molar-refractivity contribution in [3.63, 3.8) is 0 Å². The van der Waals surface area contributed by atoms with Crippen LogP contribution in [0.1, 0.15) is 16.7 Å². The largest absolute Gasteiger partial charge is 0.285 e. The van der Waals surface area contributed by atoms with E-state index >= 15 is 0 Å². The fourth-order valence-corrected chi connectivity index (χ4v) is 1.46. The second-order valence-electron chi connectivity index (χ2n) is 3.03. The molecule has 14 heavy (non-hydrogen) atoms. The van der Waals surface area contributed by atoms with Crippen molar-refractivity contribution >= 4 is 6.29 Å². The highest BCUT2D eigenvalue weighted by atomic mass is 16.1. The highest BCUT2D eigenvalue weighted by molar-refractivity contribution is 5.78. The van der Waals surface area contributed by atoms with Crippen LogP contribution in [0.5, 0.6) is 0 Å². The first-order chi connectivity index (χ1) is 6.83. The molecule has 0 aromatic heterocycles. The number of benzene rings is 1. The Labute approximate surface area is 84.8 Å². The summed E-state index contributed by atoms with van der Waals surface area (Å²) in [4.78, 5) is 10.7. The second-order valence-corrected chi connectivity index (χ2v) is 3.03. The summed E-state index contributed by atoms with van der Waals surface area (Å²) >= 11 is 0. The lowest BCUT2D eigenvalue weighted by molar-refractivity contribution is 0.562. The Morgan fingerprint density at radius 1 is 1.21 bits per heavy atom. The Morgan fingerprint density at radius 3 is 2.50 bits per heavy atom. The van der Waals surface area contributed by atoms with Crippen molar-refractivity contribution in [3.8, 4) is 0 Å². The van der Waals surface area contributed by atoms with Gasteiger partial charge in [-0.05, 0) is 24.0 Å². The average molecular weight is 185 g/mol. The van der Waals surface area contributed by atoms with E-state index in [-0.39, 0.29) is 0 Å². The predicted octanol–water partition coefficient (Wildman–Crippen LogP) is 2.60. The van der Waals surface area contributed by atoms with E-state index < -0.39 is 0 Å². The molecular formula is C13H13O. The highest BCUT2D eigenvalue weighted by Crippen LogP contribution is 2.15. The molecule has 1 rings (SSSR count). The molecule has 0 bridgehead atoms. The van der Waals surface area contributed by atoms with Gasteiger partial charge < -0.3 is 0 Å². The summed E-state index contributed by atoms with van der Waals surface area (Å²) in [6.45, 7) is 7.37. The Morgan fingerprint density at radius 2 is 1.93 bits per heavy atom. The lowest BCUT2D eigenvalue weighted by atomic mass is 9.97. The summed E-state index contributed by atoms with van der Waals surface area (Å²) in [5.74, 6) is 0. The van der Waals surface area contributed by atoms with Crippen LogP contribution in [-0.2, 0) is 17.6 Å². The molecule has 0 amide bonds. The summed E-state index contributed by atoms with van der Waals surface area (Å²) in [5, 5.41) is 0. The zero-order valence-electron chi connectivity index (χ0n) is 8.12. The molecule has 0 atom stereocenters. The van der Waals surface area contributed by atoms with Crippen LogP contribution >= 0.6 is 0 Å². The fraction of sp³-hybridized carbons (Fsp3) is 0.154. The van der Waals surface area contributed by atoms with Gasteiger partial charge >= 0.3 is 0 Å². The molecule has 0 spiro atoms. The highest BCUT2D eigenvalue weighted by Gasteiger charge is 2.05. The van der Waals surface area contributed by atoms with Gasteiger partial charge in [-0.15, -0.1) is 13.2 Å². The predicted molar refractivity (Wildman–Crippen MR) is 59.0 cm³/mol. The topological polar surface area (TPSA) is 17.1 Å². The molecule has 1 heteroatoms. The summed E-state index contributed by atoms with van der Waals surface area (Å²) in [7, 11) is 0. The number of hydrogen-bond donors (Lipinski definition) is 0. The second kappa shape index (κ2) is 5.18. The SMILES string of the molecule is C=CCc1cccc([C]=O)c1CC=C. The summed E-state index contributed by atoms with van der Waals surface area (Å²) in [5.41, 5.74) is 2.77. The monoisotopic (exact) mass is 185 g/mol. The maximum atomic E-state index is 10.7. The maximum Gasteiger partial charge on any atom is 0.233 e. The van der Waals surface area contributed by atoms with Gasteiger partial charge in [0, 0.05) is 5.56 Å². The van der Waals surface area contributed by atoms with Gasteiger partial charge in [0.1, 0.15) is 0 Å². The molecule has 71 valence electrons. The molecular weight excluding hydrogens is 172 g/mol. The molecule has 1 nitrogen and oxygen atoms in total. The Kier molecular flexibility index (Phi) is 3.86. The average Bonchev–Trinajstić information content (AvgIpc) is 2.21. The van der Waals surface area contributed by atoms with Gasteiger partial charge in [0.15, 0.2) is 0 Å². The van der Waals surface area contributed by atoms with Crippen molar-refractivity contribution in [2.24, 2.45) is 0 Å². The minimum absolute atomic E-state index is 0.629. The first-order valence-corrected chi connectivity index (χ1v) is 4.54. The van der Waals surface area contributed by atoms with E-state index in [1.807, 2.05) is 24.5 Å². The fourth-order valence-electron chi connectivity index (χ4n) is 1.46. The van der Waals surface area contributed by atoms with E-state index in [0.29, 0.717) is 12.0 Å². The van der Waals surface area contributed by atoms with Crippen molar-refractivity contribution in [1.82, 2.24) is 0 Å². The van der Waals surface area contributed by atoms with Gasteiger partial charge in [0.2, 0.25) is 6.29 Å². The third-order valence-corrected chi connectivity index (χ3v) is 2.10. The van der Waals surface area contributed by atoms with Gasteiger partial charge in [-0.25, -0.2) is 0 Å². The van der Waals surface area contributed by atoms with Crippen LogP contribution in [-0.4, -0.2) is 6.29 Å². The van der Waals surface area contributed by atoms with Gasteiger partial charge in [0.05, 0.1) is 0 Å². The quantitative estimate of drug-likeness (QED) is 0.644. The van der Waals surface area contributed by atoms with E-state index in [2.05, 4.69) is 13.2 Å². The maximum absolute atomic E-state index is 10.7. The summed E-state index contributed by atoms with van der Waals surface area (Å²) in [6, 6.07) is 5.64. The Balaban J connectivity index is 3.18. The zero-order valence-corrected chi connectivity index (χ0v) is 8.12. The standard InChI is InChI=1S/C13H13O/c1-3-6-11-8-5-9-12(10-14)13(11)7-4-2/h3-5,8-9H,1-2,6-7H2. The van der Waals surface area contributed by atoms with E-state index in [9.17, 15) is 4.79 Å². The molecule has 1 radical (unpaired) electrons. The lowest BCUT2D eigenvalue weighted by Crippen LogP contribution is -1.97. The summed E-state index contributed by atoms with van der Waals surface area (Å²) < 4.78 is 0. The molecule has 1 aromatic rings. The molecule has 0 N–H and O–H groups in total. The van der Waals surface area contributed by atoms with Crippen molar-refractivity contribution in [1.29, 1.82) is 0 Å². The van der Waals surface area contributed by atoms with Crippen molar-refractivity contribution in [3.05, 3.63) is 60.2 Å². The van der Waals surface area contributed by atoms with Gasteiger partial charge in [-0.2, -0.15) is 0 Å². The first kappa shape index (κ1) is 10.5. The van der Waals surface area contributed by atoms with Crippen LogP contribution in [0.2, 0.25) is 0 Å². The molecule has 0 heterocycles. The molecule has 0 aliphatic carbocycles. The third kappa shape index (κ3) is 2.19. The van der Waals surface area contributed by atoms with Crippen LogP contribution in [0.4, 0.5) is 0 Å². The van der Waals surface area contributed by atoms with E-state index in [0.717, 1.165) is 17.5 Å². The smallest absolute Gasteiger partial charge is 0.233 e. The van der Waals surface area contributed by atoms with Crippen molar-refractivity contribution in [2.75, 3.05) is 0 Å². The van der Waals surface area contributed by atoms with Crippen LogP contribution < -0.4 is 0 Å². The first-order valence-electron chi connectivity index (χ1n) is 4.54. The lowest BCUT2D eigenvalue weighted by Gasteiger charge is -2.07. The summed E-state index contributed by atoms with van der Waals surface area (Å²) in [6.07, 6.45) is 7.05. The van der Waals surface area contributed by atoms with Crippen molar-refractivity contribution < 1.29 is 4.79 Å². The normalized spacial score (nSPS) is 9.43. The van der Waals surface area contributed by atoms with E-state index in [1.165, 1.54) is 0 Å². The van der Waals surface area contributed by atoms with Gasteiger partial charge in [-0.3, -0.25) is 4.79 Å². The van der Waals surface area contributed by atoms with Crippen molar-refractivity contribution in [2.45, 2.75) is 12.8 Å². The number of rotatable bonds is 5. The molecule has 0 aliphatic heterocycles. The minimum Gasteiger partial charge on any atom is -0.285 e.